The number of thioether (sulfide) groups is 1. The molecule has 3 aromatic rings. The number of rotatable bonds is 4. The highest BCUT2D eigenvalue weighted by Gasteiger charge is 2.11. The van der Waals surface area contributed by atoms with E-state index in [1.54, 1.807) is 12.3 Å². The number of carbonyl (C=O) groups excluding carboxylic acids is 1. The molecular weight excluding hydrogens is 400 g/mol. The Balaban J connectivity index is 1.67. The van der Waals surface area contributed by atoms with E-state index in [4.69, 9.17) is 11.6 Å². The van der Waals surface area contributed by atoms with E-state index in [1.165, 1.54) is 11.8 Å². The molecule has 0 bridgehead atoms. The first kappa shape index (κ1) is 16.3. The molecule has 0 aliphatic heterocycles. The molecule has 2 aromatic heterocycles. The molecule has 5 nitrogen and oxygen atoms in total. The van der Waals surface area contributed by atoms with Crippen LogP contribution < -0.4 is 5.32 Å². The van der Waals surface area contributed by atoms with Crippen LogP contribution in [0.3, 0.4) is 0 Å². The summed E-state index contributed by atoms with van der Waals surface area (Å²) in [7, 11) is 1.92. The van der Waals surface area contributed by atoms with Gasteiger partial charge in [-0.3, -0.25) is 4.79 Å². The zero-order valence-corrected chi connectivity index (χ0v) is 15.2. The second kappa shape index (κ2) is 6.90. The summed E-state index contributed by atoms with van der Waals surface area (Å²) < 4.78 is 2.81. The van der Waals surface area contributed by atoms with E-state index in [0.29, 0.717) is 10.8 Å². The van der Waals surface area contributed by atoms with Gasteiger partial charge in [0.1, 0.15) is 5.82 Å². The van der Waals surface area contributed by atoms with Crippen molar-refractivity contribution in [1.82, 2.24) is 14.5 Å². The third-order valence-corrected chi connectivity index (χ3v) is 4.86. The third kappa shape index (κ3) is 3.85. The number of halogens is 2. The van der Waals surface area contributed by atoms with E-state index in [9.17, 15) is 4.79 Å². The first-order chi connectivity index (χ1) is 11.0. The van der Waals surface area contributed by atoms with Crippen LogP contribution in [0.1, 0.15) is 0 Å². The molecule has 0 aliphatic rings. The maximum atomic E-state index is 12.0. The van der Waals surface area contributed by atoms with Crippen molar-refractivity contribution in [2.45, 2.75) is 5.16 Å². The first-order valence-electron chi connectivity index (χ1n) is 6.69. The number of carbonyl (C=O) groups is 1. The van der Waals surface area contributed by atoms with Crippen molar-refractivity contribution in [3.8, 4) is 0 Å². The molecule has 1 amide bonds. The Kier molecular flexibility index (Phi) is 4.89. The van der Waals surface area contributed by atoms with Crippen molar-refractivity contribution in [2.75, 3.05) is 11.1 Å². The molecule has 23 heavy (non-hydrogen) atoms. The average Bonchev–Trinajstić information content (AvgIpc) is 2.83. The molecule has 8 heteroatoms. The maximum Gasteiger partial charge on any atom is 0.236 e. The van der Waals surface area contributed by atoms with E-state index in [-0.39, 0.29) is 11.7 Å². The molecule has 1 aromatic carbocycles. The van der Waals surface area contributed by atoms with Crippen LogP contribution in [0.25, 0.3) is 11.0 Å². The van der Waals surface area contributed by atoms with Crippen LogP contribution in [0, 0.1) is 0 Å². The Hall–Kier alpha value is -1.57. The van der Waals surface area contributed by atoms with Gasteiger partial charge in [0.25, 0.3) is 0 Å². The molecule has 1 N–H and O–H groups in total. The quantitative estimate of drug-likeness (QED) is 0.656. The molecule has 3 rings (SSSR count). The van der Waals surface area contributed by atoms with Gasteiger partial charge in [0, 0.05) is 22.7 Å². The summed E-state index contributed by atoms with van der Waals surface area (Å²) in [5.74, 6) is 0.647. The summed E-state index contributed by atoms with van der Waals surface area (Å²) in [6, 6.07) is 9.12. The van der Waals surface area contributed by atoms with Gasteiger partial charge in [0.05, 0.1) is 16.8 Å². The van der Waals surface area contributed by atoms with Crippen LogP contribution >= 0.6 is 39.3 Å². The van der Waals surface area contributed by atoms with E-state index in [1.807, 2.05) is 35.9 Å². The lowest BCUT2D eigenvalue weighted by molar-refractivity contribution is -0.113. The number of imidazole rings is 1. The molecule has 0 aliphatic carbocycles. The van der Waals surface area contributed by atoms with Crippen molar-refractivity contribution in [3.63, 3.8) is 0 Å². The summed E-state index contributed by atoms with van der Waals surface area (Å²) in [5, 5.41) is 4.16. The van der Waals surface area contributed by atoms with Crippen LogP contribution in [0.5, 0.6) is 0 Å². The highest BCUT2D eigenvalue weighted by atomic mass is 79.9. The standard InChI is InChI=1S/C15H12BrClN4OS/c1-21-12-4-3-10(17)6-11(12)19-15(21)23-8-14(22)20-13-5-2-9(16)7-18-13/h2-7H,8H2,1H3,(H,18,20,22). The number of pyridine rings is 1. The number of aryl methyl sites for hydroxylation is 1. The average molecular weight is 412 g/mol. The zero-order chi connectivity index (χ0) is 16.4. The van der Waals surface area contributed by atoms with Crippen LogP contribution in [0.2, 0.25) is 5.02 Å². The summed E-state index contributed by atoms with van der Waals surface area (Å²) in [5.41, 5.74) is 1.80. The predicted molar refractivity (Wildman–Crippen MR) is 97.0 cm³/mol. The number of anilines is 1. The normalized spacial score (nSPS) is 10.9. The Morgan fingerprint density at radius 2 is 2.22 bits per heavy atom. The molecule has 118 valence electrons. The molecule has 0 spiro atoms. The molecule has 0 saturated heterocycles. The highest BCUT2D eigenvalue weighted by Crippen LogP contribution is 2.25. The number of benzene rings is 1. The lowest BCUT2D eigenvalue weighted by atomic mass is 10.3. The van der Waals surface area contributed by atoms with Gasteiger partial charge in [-0.25, -0.2) is 9.97 Å². The topological polar surface area (TPSA) is 59.8 Å². The fourth-order valence-corrected chi connectivity index (χ4v) is 3.23. The third-order valence-electron chi connectivity index (χ3n) is 3.13. The summed E-state index contributed by atoms with van der Waals surface area (Å²) in [6.07, 6.45) is 1.64. The van der Waals surface area contributed by atoms with Crippen LogP contribution in [-0.4, -0.2) is 26.2 Å². The van der Waals surface area contributed by atoms with Gasteiger partial charge in [0.15, 0.2) is 5.16 Å². The molecular formula is C15H12BrClN4OS. The number of amides is 1. The Labute approximate surface area is 150 Å². The fourth-order valence-electron chi connectivity index (χ4n) is 2.04. The van der Waals surface area contributed by atoms with Crippen LogP contribution in [0.15, 0.2) is 46.2 Å². The highest BCUT2D eigenvalue weighted by molar-refractivity contribution is 9.10. The van der Waals surface area contributed by atoms with Crippen molar-refractivity contribution >= 4 is 62.1 Å². The zero-order valence-electron chi connectivity index (χ0n) is 12.1. The van der Waals surface area contributed by atoms with Gasteiger partial charge in [-0.2, -0.15) is 0 Å². The van der Waals surface area contributed by atoms with Gasteiger partial charge in [-0.15, -0.1) is 0 Å². The van der Waals surface area contributed by atoms with Crippen molar-refractivity contribution in [2.24, 2.45) is 7.05 Å². The lowest BCUT2D eigenvalue weighted by Crippen LogP contribution is -2.15. The SMILES string of the molecule is Cn1c(SCC(=O)Nc2ccc(Br)cn2)nc2cc(Cl)ccc21. The van der Waals surface area contributed by atoms with E-state index in [0.717, 1.165) is 20.7 Å². The van der Waals surface area contributed by atoms with Crippen LogP contribution in [-0.2, 0) is 11.8 Å². The van der Waals surface area contributed by atoms with Gasteiger partial charge < -0.3 is 9.88 Å². The van der Waals surface area contributed by atoms with Gasteiger partial charge >= 0.3 is 0 Å². The number of aromatic nitrogens is 3. The van der Waals surface area contributed by atoms with Crippen molar-refractivity contribution in [3.05, 3.63) is 46.0 Å². The van der Waals surface area contributed by atoms with Gasteiger partial charge in [-0.05, 0) is 46.3 Å². The number of hydrogen-bond acceptors (Lipinski definition) is 4. The second-order valence-corrected chi connectivity index (χ2v) is 7.08. The minimum Gasteiger partial charge on any atom is -0.322 e. The fraction of sp³-hybridized carbons (Fsp3) is 0.133. The van der Waals surface area contributed by atoms with Crippen molar-refractivity contribution in [1.29, 1.82) is 0 Å². The van der Waals surface area contributed by atoms with E-state index < -0.39 is 0 Å². The summed E-state index contributed by atoms with van der Waals surface area (Å²) >= 11 is 10.7. The number of fused-ring (bicyclic) bond motifs is 1. The van der Waals surface area contributed by atoms with Crippen molar-refractivity contribution < 1.29 is 4.79 Å². The Morgan fingerprint density at radius 1 is 1.39 bits per heavy atom. The molecule has 0 atom stereocenters. The molecule has 0 fully saturated rings. The minimum absolute atomic E-state index is 0.130. The lowest BCUT2D eigenvalue weighted by Gasteiger charge is -2.04. The van der Waals surface area contributed by atoms with Gasteiger partial charge in [0.2, 0.25) is 5.91 Å². The molecule has 0 saturated carbocycles. The number of nitrogens with one attached hydrogen (secondary N) is 1. The largest absolute Gasteiger partial charge is 0.322 e. The monoisotopic (exact) mass is 410 g/mol. The number of hydrogen-bond donors (Lipinski definition) is 1. The predicted octanol–water partition coefficient (Wildman–Crippen LogP) is 4.12. The first-order valence-corrected chi connectivity index (χ1v) is 8.85. The van der Waals surface area contributed by atoms with E-state index in [2.05, 4.69) is 31.2 Å². The minimum atomic E-state index is -0.130. The molecule has 0 radical (unpaired) electrons. The molecule has 0 unspecified atom stereocenters. The molecule has 2 heterocycles. The Bertz CT molecular complexity index is 866. The summed E-state index contributed by atoms with van der Waals surface area (Å²) in [6.45, 7) is 0. The van der Waals surface area contributed by atoms with E-state index >= 15 is 0 Å². The second-order valence-electron chi connectivity index (χ2n) is 4.78. The van der Waals surface area contributed by atoms with Gasteiger partial charge in [-0.1, -0.05) is 23.4 Å². The maximum absolute atomic E-state index is 12.0. The van der Waals surface area contributed by atoms with Crippen LogP contribution in [0.4, 0.5) is 5.82 Å². The smallest absolute Gasteiger partial charge is 0.236 e. The Morgan fingerprint density at radius 3 is 2.96 bits per heavy atom. The number of nitrogens with zero attached hydrogens (tertiary/aromatic N) is 3. The summed E-state index contributed by atoms with van der Waals surface area (Å²) in [4.78, 5) is 20.6.